The average Bonchev–Trinajstić information content (AvgIpc) is 3.24. The molecule has 1 amide bonds. The maximum absolute atomic E-state index is 12.9. The molecule has 1 aromatic heterocycles. The van der Waals surface area contributed by atoms with Crippen LogP contribution in [0.1, 0.15) is 41.8 Å². The summed E-state index contributed by atoms with van der Waals surface area (Å²) < 4.78 is 29.0. The minimum absolute atomic E-state index is 0.122. The van der Waals surface area contributed by atoms with Crippen molar-refractivity contribution in [3.8, 4) is 0 Å². The standard InChI is InChI=1S/C20H28N4O3S/c1-14-7-8-18(15(2)13-14)21-19(25)9-12-24-17(4)20(16(3)22-24)28(26,27)23-10-5-6-11-23/h7-8,13H,5-6,9-12H2,1-4H3,(H,21,25). The van der Waals surface area contributed by atoms with Crippen molar-refractivity contribution in [1.82, 2.24) is 14.1 Å². The van der Waals surface area contributed by atoms with Crippen LogP contribution in [0.15, 0.2) is 23.1 Å². The summed E-state index contributed by atoms with van der Waals surface area (Å²) in [5, 5.41) is 7.30. The molecule has 7 nitrogen and oxygen atoms in total. The van der Waals surface area contributed by atoms with Gasteiger partial charge in [-0.1, -0.05) is 17.7 Å². The third-order valence-corrected chi connectivity index (χ3v) is 7.34. The number of anilines is 1. The first kappa shape index (κ1) is 20.5. The molecule has 28 heavy (non-hydrogen) atoms. The molecule has 1 aromatic carbocycles. The molecule has 2 aromatic rings. The monoisotopic (exact) mass is 404 g/mol. The summed E-state index contributed by atoms with van der Waals surface area (Å²) in [6.07, 6.45) is 2.01. The van der Waals surface area contributed by atoms with Gasteiger partial charge in [0, 0.05) is 25.2 Å². The minimum Gasteiger partial charge on any atom is -0.326 e. The lowest BCUT2D eigenvalue weighted by Crippen LogP contribution is -2.28. The highest BCUT2D eigenvalue weighted by Gasteiger charge is 2.32. The summed E-state index contributed by atoms with van der Waals surface area (Å²) in [5.74, 6) is -0.122. The number of sulfonamides is 1. The maximum Gasteiger partial charge on any atom is 0.246 e. The molecule has 0 aliphatic carbocycles. The Morgan fingerprint density at radius 2 is 1.82 bits per heavy atom. The molecule has 0 bridgehead atoms. The Hall–Kier alpha value is -2.19. The van der Waals surface area contributed by atoms with E-state index in [2.05, 4.69) is 10.4 Å². The molecular formula is C20H28N4O3S. The van der Waals surface area contributed by atoms with E-state index in [1.165, 1.54) is 4.31 Å². The van der Waals surface area contributed by atoms with Crippen LogP contribution in [0.3, 0.4) is 0 Å². The summed E-state index contributed by atoms with van der Waals surface area (Å²) >= 11 is 0. The van der Waals surface area contributed by atoms with Gasteiger partial charge in [-0.15, -0.1) is 0 Å². The molecule has 1 fully saturated rings. The van der Waals surface area contributed by atoms with Gasteiger partial charge in [0.05, 0.1) is 17.9 Å². The van der Waals surface area contributed by atoms with Crippen LogP contribution >= 0.6 is 0 Å². The van der Waals surface area contributed by atoms with Crippen molar-refractivity contribution in [3.63, 3.8) is 0 Å². The van der Waals surface area contributed by atoms with Crippen LogP contribution in [0, 0.1) is 27.7 Å². The van der Waals surface area contributed by atoms with Crippen LogP contribution in [0.5, 0.6) is 0 Å². The minimum atomic E-state index is -3.53. The van der Waals surface area contributed by atoms with Crippen LogP contribution in [-0.4, -0.2) is 41.5 Å². The lowest BCUT2D eigenvalue weighted by molar-refractivity contribution is -0.116. The van der Waals surface area contributed by atoms with E-state index in [1.54, 1.807) is 18.5 Å². The number of nitrogens with zero attached hydrogens (tertiary/aromatic N) is 3. The molecule has 0 spiro atoms. The molecule has 0 radical (unpaired) electrons. The van der Waals surface area contributed by atoms with Crippen LogP contribution in [0.25, 0.3) is 0 Å². The van der Waals surface area contributed by atoms with E-state index in [0.29, 0.717) is 31.0 Å². The van der Waals surface area contributed by atoms with Crippen molar-refractivity contribution < 1.29 is 13.2 Å². The van der Waals surface area contributed by atoms with Crippen LogP contribution in [0.2, 0.25) is 0 Å². The maximum atomic E-state index is 12.9. The number of nitrogens with one attached hydrogen (secondary N) is 1. The third-order valence-electron chi connectivity index (χ3n) is 5.18. The first-order valence-corrected chi connectivity index (χ1v) is 11.1. The Labute approximate surface area is 166 Å². The van der Waals surface area contributed by atoms with Gasteiger partial charge in [0.2, 0.25) is 15.9 Å². The molecule has 1 N–H and O–H groups in total. The molecule has 2 heterocycles. The number of rotatable bonds is 6. The topological polar surface area (TPSA) is 84.3 Å². The summed E-state index contributed by atoms with van der Waals surface area (Å²) in [7, 11) is -3.53. The Bertz CT molecular complexity index is 989. The highest BCUT2D eigenvalue weighted by Crippen LogP contribution is 2.26. The molecule has 0 unspecified atom stereocenters. The molecule has 8 heteroatoms. The smallest absolute Gasteiger partial charge is 0.246 e. The summed E-state index contributed by atoms with van der Waals surface area (Å²) in [4.78, 5) is 12.6. The van der Waals surface area contributed by atoms with Crippen molar-refractivity contribution in [2.45, 2.75) is 58.4 Å². The van der Waals surface area contributed by atoms with Crippen LogP contribution in [0.4, 0.5) is 5.69 Å². The van der Waals surface area contributed by atoms with E-state index < -0.39 is 10.0 Å². The Morgan fingerprint density at radius 1 is 1.14 bits per heavy atom. The first-order valence-electron chi connectivity index (χ1n) is 9.61. The van der Waals surface area contributed by atoms with Crippen molar-refractivity contribution in [3.05, 3.63) is 40.7 Å². The summed E-state index contributed by atoms with van der Waals surface area (Å²) in [5.41, 5.74) is 4.02. The number of benzene rings is 1. The number of amides is 1. The van der Waals surface area contributed by atoms with Gasteiger partial charge in [-0.3, -0.25) is 9.48 Å². The molecule has 1 saturated heterocycles. The van der Waals surface area contributed by atoms with E-state index in [1.807, 2.05) is 32.0 Å². The van der Waals surface area contributed by atoms with Gasteiger partial charge in [-0.05, 0) is 52.2 Å². The fourth-order valence-corrected chi connectivity index (χ4v) is 5.59. The fourth-order valence-electron chi connectivity index (χ4n) is 3.70. The number of hydrogen-bond donors (Lipinski definition) is 1. The largest absolute Gasteiger partial charge is 0.326 e. The van der Waals surface area contributed by atoms with E-state index in [0.717, 1.165) is 29.7 Å². The second-order valence-electron chi connectivity index (χ2n) is 7.45. The molecule has 1 aliphatic heterocycles. The van der Waals surface area contributed by atoms with Crippen molar-refractivity contribution in [2.75, 3.05) is 18.4 Å². The normalized spacial score (nSPS) is 15.1. The summed E-state index contributed by atoms with van der Waals surface area (Å²) in [6, 6.07) is 5.87. The molecule has 1 aliphatic rings. The molecular weight excluding hydrogens is 376 g/mol. The Kier molecular flexibility index (Phi) is 5.90. The molecule has 152 valence electrons. The number of aromatic nitrogens is 2. The van der Waals surface area contributed by atoms with E-state index in [-0.39, 0.29) is 17.2 Å². The Morgan fingerprint density at radius 3 is 2.46 bits per heavy atom. The first-order chi connectivity index (χ1) is 13.2. The zero-order valence-corrected chi connectivity index (χ0v) is 17.8. The van der Waals surface area contributed by atoms with E-state index in [4.69, 9.17) is 0 Å². The van der Waals surface area contributed by atoms with Crippen molar-refractivity contribution >= 4 is 21.6 Å². The highest BCUT2D eigenvalue weighted by molar-refractivity contribution is 7.89. The fraction of sp³-hybridized carbons (Fsp3) is 0.500. The van der Waals surface area contributed by atoms with Gasteiger partial charge >= 0.3 is 0 Å². The van der Waals surface area contributed by atoms with Gasteiger partial charge in [-0.25, -0.2) is 8.42 Å². The third kappa shape index (κ3) is 4.12. The lowest BCUT2D eigenvalue weighted by atomic mass is 10.1. The van der Waals surface area contributed by atoms with Gasteiger partial charge in [0.1, 0.15) is 4.90 Å². The number of carbonyl (C=O) groups is 1. The molecule has 3 rings (SSSR count). The number of aryl methyl sites for hydroxylation is 4. The summed E-state index contributed by atoms with van der Waals surface area (Å²) in [6.45, 7) is 8.88. The van der Waals surface area contributed by atoms with Crippen LogP contribution in [-0.2, 0) is 21.4 Å². The zero-order valence-electron chi connectivity index (χ0n) is 16.9. The van der Waals surface area contributed by atoms with E-state index >= 15 is 0 Å². The predicted octanol–water partition coefficient (Wildman–Crippen LogP) is 2.93. The average molecular weight is 405 g/mol. The van der Waals surface area contributed by atoms with Crippen molar-refractivity contribution in [1.29, 1.82) is 0 Å². The van der Waals surface area contributed by atoms with Gasteiger partial charge in [-0.2, -0.15) is 9.40 Å². The van der Waals surface area contributed by atoms with Crippen molar-refractivity contribution in [2.24, 2.45) is 0 Å². The predicted molar refractivity (Wildman–Crippen MR) is 109 cm³/mol. The number of carbonyl (C=O) groups excluding carboxylic acids is 1. The quantitative estimate of drug-likeness (QED) is 0.802. The number of hydrogen-bond acceptors (Lipinski definition) is 4. The second kappa shape index (κ2) is 8.05. The van der Waals surface area contributed by atoms with E-state index in [9.17, 15) is 13.2 Å². The lowest BCUT2D eigenvalue weighted by Gasteiger charge is -2.15. The van der Waals surface area contributed by atoms with Gasteiger partial charge in [0.15, 0.2) is 0 Å². The second-order valence-corrected chi connectivity index (χ2v) is 9.33. The SMILES string of the molecule is Cc1ccc(NC(=O)CCn2nc(C)c(S(=O)(=O)N3CCCC3)c2C)c(C)c1. The highest BCUT2D eigenvalue weighted by atomic mass is 32.2. The van der Waals surface area contributed by atoms with Gasteiger partial charge < -0.3 is 5.32 Å². The molecule has 0 saturated carbocycles. The van der Waals surface area contributed by atoms with Gasteiger partial charge in [0.25, 0.3) is 0 Å². The Balaban J connectivity index is 1.70. The van der Waals surface area contributed by atoms with Crippen LogP contribution < -0.4 is 5.32 Å². The zero-order chi connectivity index (χ0) is 20.5. The molecule has 0 atom stereocenters.